The van der Waals surface area contributed by atoms with E-state index >= 15 is 0 Å². The molecule has 3 fully saturated rings. The van der Waals surface area contributed by atoms with Crippen molar-refractivity contribution < 1.29 is 0 Å². The van der Waals surface area contributed by atoms with Crippen LogP contribution in [0.4, 0.5) is 0 Å². The number of allylic oxidation sites excluding steroid dienone is 5. The Labute approximate surface area is 209 Å². The number of rotatable bonds is 5. The fourth-order valence-corrected chi connectivity index (χ4v) is 6.95. The van der Waals surface area contributed by atoms with E-state index in [0.717, 1.165) is 17.8 Å². The van der Waals surface area contributed by atoms with Gasteiger partial charge < -0.3 is 0 Å². The van der Waals surface area contributed by atoms with Gasteiger partial charge in [-0.1, -0.05) is 118 Å². The molecule has 0 aromatic carbocycles. The first-order chi connectivity index (χ1) is 15.6. The molecule has 5 unspecified atom stereocenters. The maximum atomic E-state index is 4.25. The number of fused-ring (bicyclic) bond motifs is 1. The summed E-state index contributed by atoms with van der Waals surface area (Å²) in [4.78, 5) is 0. The average Bonchev–Trinajstić information content (AvgIpc) is 3.14. The molecule has 0 heteroatoms. The Morgan fingerprint density at radius 3 is 2.30 bits per heavy atom. The molecule has 0 aromatic rings. The van der Waals surface area contributed by atoms with E-state index in [1.165, 1.54) is 76.2 Å². The molecule has 3 rings (SSSR count). The highest BCUT2D eigenvalue weighted by Gasteiger charge is 2.50. The van der Waals surface area contributed by atoms with Crippen molar-refractivity contribution in [2.24, 2.45) is 34.5 Å². The first-order valence-electron chi connectivity index (χ1n) is 14.7. The van der Waals surface area contributed by atoms with E-state index < -0.39 is 0 Å². The molecule has 5 atom stereocenters. The van der Waals surface area contributed by atoms with Crippen LogP contribution in [0.3, 0.4) is 0 Å². The minimum absolute atomic E-state index is 0.485. The number of hydrogen-bond acceptors (Lipinski definition) is 0. The fourth-order valence-electron chi connectivity index (χ4n) is 6.95. The molecule has 3 aliphatic carbocycles. The van der Waals surface area contributed by atoms with E-state index in [1.807, 2.05) is 27.7 Å². The molecule has 0 aromatic heterocycles. The third-order valence-electron chi connectivity index (χ3n) is 8.88. The highest BCUT2D eigenvalue weighted by atomic mass is 14.5. The van der Waals surface area contributed by atoms with E-state index in [4.69, 9.17) is 0 Å². The van der Waals surface area contributed by atoms with Gasteiger partial charge in [0.2, 0.25) is 0 Å². The molecule has 0 radical (unpaired) electrons. The van der Waals surface area contributed by atoms with Crippen LogP contribution in [-0.2, 0) is 0 Å². The van der Waals surface area contributed by atoms with Crippen LogP contribution in [0.5, 0.6) is 0 Å². The van der Waals surface area contributed by atoms with E-state index in [9.17, 15) is 0 Å². The fraction of sp³-hybridized carbons (Fsp3) is 0.818. The summed E-state index contributed by atoms with van der Waals surface area (Å²) >= 11 is 0. The van der Waals surface area contributed by atoms with Crippen LogP contribution in [0, 0.1) is 34.5 Å². The van der Waals surface area contributed by atoms with Crippen molar-refractivity contribution in [2.75, 3.05) is 0 Å². The molecule has 192 valence electrons. The van der Waals surface area contributed by atoms with E-state index in [0.29, 0.717) is 16.7 Å². The van der Waals surface area contributed by atoms with E-state index in [2.05, 4.69) is 60.3 Å². The van der Waals surface area contributed by atoms with Crippen LogP contribution < -0.4 is 0 Å². The summed E-state index contributed by atoms with van der Waals surface area (Å²) in [5.41, 5.74) is 5.94. The van der Waals surface area contributed by atoms with Crippen molar-refractivity contribution in [3.05, 3.63) is 35.5 Å². The van der Waals surface area contributed by atoms with Gasteiger partial charge in [-0.15, -0.1) is 0 Å². The second-order valence-corrected chi connectivity index (χ2v) is 12.4. The van der Waals surface area contributed by atoms with Gasteiger partial charge in [-0.3, -0.25) is 0 Å². The van der Waals surface area contributed by atoms with Gasteiger partial charge in [0.1, 0.15) is 0 Å². The summed E-state index contributed by atoms with van der Waals surface area (Å²) in [5, 5.41) is 0. The lowest BCUT2D eigenvalue weighted by Gasteiger charge is -2.44. The lowest BCUT2D eigenvalue weighted by Crippen LogP contribution is -2.36. The van der Waals surface area contributed by atoms with Crippen molar-refractivity contribution in [1.29, 1.82) is 0 Å². The van der Waals surface area contributed by atoms with Crippen LogP contribution in [0.15, 0.2) is 35.5 Å². The summed E-state index contributed by atoms with van der Waals surface area (Å²) in [6.07, 6.45) is 20.1. The maximum absolute atomic E-state index is 4.25. The summed E-state index contributed by atoms with van der Waals surface area (Å²) in [7, 11) is 0. The van der Waals surface area contributed by atoms with Crippen LogP contribution in [0.25, 0.3) is 0 Å². The minimum atomic E-state index is 0.485. The van der Waals surface area contributed by atoms with Crippen molar-refractivity contribution in [1.82, 2.24) is 0 Å². The molecule has 3 saturated carbocycles. The summed E-state index contributed by atoms with van der Waals surface area (Å²) in [6, 6.07) is 0. The highest BCUT2D eigenvalue weighted by Crippen LogP contribution is 2.60. The largest absolute Gasteiger partial charge is 0.0996 e. The lowest BCUT2D eigenvalue weighted by molar-refractivity contribution is 0.0920. The van der Waals surface area contributed by atoms with Crippen LogP contribution in [0.1, 0.15) is 140 Å². The van der Waals surface area contributed by atoms with Crippen molar-refractivity contribution in [3.63, 3.8) is 0 Å². The zero-order valence-electron chi connectivity index (χ0n) is 24.4. The SMILES string of the molecule is C=C1CC/C(=C/C=C2\CCCC3(C)C2CCC3C(C)CCCC(C)(C)C)CC1C.CC.CC. The molecule has 0 amide bonds. The predicted molar refractivity (Wildman–Crippen MR) is 152 cm³/mol. The third-order valence-corrected chi connectivity index (χ3v) is 8.88. The van der Waals surface area contributed by atoms with Crippen molar-refractivity contribution in [2.45, 2.75) is 140 Å². The molecule has 0 spiro atoms. The summed E-state index contributed by atoms with van der Waals surface area (Å²) in [6.45, 7) is 27.0. The second-order valence-electron chi connectivity index (χ2n) is 12.4. The van der Waals surface area contributed by atoms with Crippen LogP contribution in [-0.4, -0.2) is 0 Å². The molecule has 0 N–H and O–H groups in total. The Hall–Kier alpha value is -0.780. The Balaban J connectivity index is 0.00000129. The molecular formula is C33H60. The molecule has 0 saturated heterocycles. The quantitative estimate of drug-likeness (QED) is 0.361. The molecule has 3 aliphatic rings. The first kappa shape index (κ1) is 30.3. The summed E-state index contributed by atoms with van der Waals surface area (Å²) < 4.78 is 0. The minimum Gasteiger partial charge on any atom is -0.0996 e. The van der Waals surface area contributed by atoms with Gasteiger partial charge in [0.25, 0.3) is 0 Å². The lowest BCUT2D eigenvalue weighted by atomic mass is 9.60. The van der Waals surface area contributed by atoms with E-state index in [-0.39, 0.29) is 0 Å². The van der Waals surface area contributed by atoms with Gasteiger partial charge in [0.15, 0.2) is 0 Å². The Morgan fingerprint density at radius 2 is 1.70 bits per heavy atom. The van der Waals surface area contributed by atoms with Gasteiger partial charge in [0, 0.05) is 0 Å². The molecule has 0 bridgehead atoms. The standard InChI is InChI=1S/C29H48.2C2H6/c1-21-12-13-24(20-23(21)3)14-15-25-11-9-19-29(7)26(16-17-27(25)29)22(2)10-8-18-28(4,5)6;2*1-2/h14-15,22-23,26-27H,1,8-13,16-20H2,2-7H3;2*1-2H3/b24-14-,25-15+;;. The average molecular weight is 457 g/mol. The predicted octanol–water partition coefficient (Wildman–Crippen LogP) is 11.3. The molecule has 0 aliphatic heterocycles. The van der Waals surface area contributed by atoms with E-state index in [1.54, 1.807) is 11.1 Å². The normalized spacial score (nSPS) is 33.0. The second kappa shape index (κ2) is 13.9. The molecule has 33 heavy (non-hydrogen) atoms. The van der Waals surface area contributed by atoms with Gasteiger partial charge >= 0.3 is 0 Å². The summed E-state index contributed by atoms with van der Waals surface area (Å²) in [5.74, 6) is 3.34. The van der Waals surface area contributed by atoms with Crippen molar-refractivity contribution in [3.8, 4) is 0 Å². The first-order valence-corrected chi connectivity index (χ1v) is 14.7. The highest BCUT2D eigenvalue weighted by molar-refractivity contribution is 5.27. The number of hydrogen-bond donors (Lipinski definition) is 0. The molecule has 0 nitrogen and oxygen atoms in total. The monoisotopic (exact) mass is 456 g/mol. The van der Waals surface area contributed by atoms with Gasteiger partial charge in [0.05, 0.1) is 0 Å². The van der Waals surface area contributed by atoms with Crippen LogP contribution in [0.2, 0.25) is 0 Å². The molecular weight excluding hydrogens is 396 g/mol. The Bertz CT molecular complexity index is 639. The smallest absolute Gasteiger partial charge is 0.0143 e. The van der Waals surface area contributed by atoms with Gasteiger partial charge in [-0.2, -0.15) is 0 Å². The van der Waals surface area contributed by atoms with Crippen molar-refractivity contribution >= 4 is 0 Å². The zero-order chi connectivity index (χ0) is 25.2. The van der Waals surface area contributed by atoms with Gasteiger partial charge in [-0.25, -0.2) is 0 Å². The maximum Gasteiger partial charge on any atom is -0.0143 e. The molecule has 0 heterocycles. The van der Waals surface area contributed by atoms with Gasteiger partial charge in [-0.05, 0) is 92.3 Å². The Kier molecular flexibility index (Phi) is 12.8. The topological polar surface area (TPSA) is 0 Å². The zero-order valence-corrected chi connectivity index (χ0v) is 24.4. The Morgan fingerprint density at radius 1 is 1.03 bits per heavy atom. The van der Waals surface area contributed by atoms with Crippen LogP contribution >= 0.6 is 0 Å². The third kappa shape index (κ3) is 8.43.